The highest BCUT2D eigenvalue weighted by atomic mass is 32.2. The number of fused-ring (bicyclic) bond motifs is 1. The number of benzene rings is 1. The molecule has 0 aliphatic carbocycles. The molecule has 0 fully saturated rings. The van der Waals surface area contributed by atoms with Crippen LogP contribution in [-0.2, 0) is 26.1 Å². The van der Waals surface area contributed by atoms with Crippen molar-refractivity contribution in [1.82, 2.24) is 19.3 Å². The highest BCUT2D eigenvalue weighted by Gasteiger charge is 2.27. The fourth-order valence-corrected chi connectivity index (χ4v) is 4.60. The summed E-state index contributed by atoms with van der Waals surface area (Å²) in [5.41, 5.74) is 2.69. The Labute approximate surface area is 188 Å². The Morgan fingerprint density at radius 2 is 1.97 bits per heavy atom. The third-order valence-corrected chi connectivity index (χ3v) is 6.44. The summed E-state index contributed by atoms with van der Waals surface area (Å²) in [6.07, 6.45) is 5.23. The van der Waals surface area contributed by atoms with Gasteiger partial charge in [0.1, 0.15) is 18.5 Å². The first-order chi connectivity index (χ1) is 15.2. The normalized spacial score (nSPS) is 12.8. The number of hydrogen-bond donors (Lipinski definition) is 1. The molecule has 0 saturated heterocycles. The standard InChI is InChI=1S/C23H28N4O4S/c1-5-12-31-23(28)21(13-16(2)3)26-32(29,30)19-8-6-18(7-9-19)15-27-17(4)25-20-10-11-24-14-22(20)27/h5-11,14,16,21,26H,1,12-13,15H2,2-4H3. The quantitative estimate of drug-likeness (QED) is 0.371. The van der Waals surface area contributed by atoms with Crippen molar-refractivity contribution in [2.24, 2.45) is 5.92 Å². The summed E-state index contributed by atoms with van der Waals surface area (Å²) in [7, 11) is -3.90. The van der Waals surface area contributed by atoms with Crippen molar-refractivity contribution in [2.45, 2.75) is 44.7 Å². The van der Waals surface area contributed by atoms with E-state index in [0.29, 0.717) is 13.0 Å². The molecule has 1 atom stereocenters. The second-order valence-corrected chi connectivity index (χ2v) is 9.69. The maximum absolute atomic E-state index is 12.9. The fraction of sp³-hybridized carbons (Fsp3) is 0.348. The molecule has 170 valence electrons. The van der Waals surface area contributed by atoms with E-state index in [1.807, 2.05) is 31.4 Å². The van der Waals surface area contributed by atoms with Crippen LogP contribution in [-0.4, -0.2) is 41.6 Å². The smallest absolute Gasteiger partial charge is 0.324 e. The van der Waals surface area contributed by atoms with Crippen LogP contribution in [0.1, 0.15) is 31.7 Å². The molecule has 1 aromatic carbocycles. The van der Waals surface area contributed by atoms with E-state index in [1.165, 1.54) is 18.2 Å². The summed E-state index contributed by atoms with van der Waals surface area (Å²) >= 11 is 0. The Kier molecular flexibility index (Phi) is 7.42. The zero-order chi connectivity index (χ0) is 23.3. The zero-order valence-corrected chi connectivity index (χ0v) is 19.3. The molecule has 0 amide bonds. The number of carbonyl (C=O) groups is 1. The van der Waals surface area contributed by atoms with E-state index in [9.17, 15) is 13.2 Å². The van der Waals surface area contributed by atoms with Crippen LogP contribution < -0.4 is 4.72 Å². The van der Waals surface area contributed by atoms with Crippen LogP contribution in [0.25, 0.3) is 11.0 Å². The maximum atomic E-state index is 12.9. The number of ether oxygens (including phenoxy) is 1. The number of aromatic nitrogens is 3. The Bertz CT molecular complexity index is 1200. The van der Waals surface area contributed by atoms with Gasteiger partial charge in [-0.25, -0.2) is 13.4 Å². The van der Waals surface area contributed by atoms with Crippen molar-refractivity contribution in [2.75, 3.05) is 6.61 Å². The lowest BCUT2D eigenvalue weighted by molar-refractivity contribution is -0.144. The number of pyridine rings is 1. The Morgan fingerprint density at radius 1 is 1.25 bits per heavy atom. The SMILES string of the molecule is C=CCOC(=O)C(CC(C)C)NS(=O)(=O)c1ccc(Cn2c(C)nc3ccncc32)cc1. The van der Waals surface area contributed by atoms with E-state index < -0.39 is 22.0 Å². The van der Waals surface area contributed by atoms with Crippen LogP contribution >= 0.6 is 0 Å². The number of imidazole rings is 1. The van der Waals surface area contributed by atoms with E-state index in [2.05, 4.69) is 21.3 Å². The first kappa shape index (κ1) is 23.6. The third-order valence-electron chi connectivity index (χ3n) is 4.95. The van der Waals surface area contributed by atoms with Crippen LogP contribution in [0.2, 0.25) is 0 Å². The predicted octanol–water partition coefficient (Wildman–Crippen LogP) is 3.21. The highest BCUT2D eigenvalue weighted by Crippen LogP contribution is 2.18. The lowest BCUT2D eigenvalue weighted by atomic mass is 10.1. The number of nitrogens with zero attached hydrogens (tertiary/aromatic N) is 3. The van der Waals surface area contributed by atoms with E-state index >= 15 is 0 Å². The van der Waals surface area contributed by atoms with Crippen molar-refractivity contribution < 1.29 is 17.9 Å². The molecule has 0 bridgehead atoms. The van der Waals surface area contributed by atoms with Gasteiger partial charge in [0.15, 0.2) is 0 Å². The van der Waals surface area contributed by atoms with Gasteiger partial charge in [0.25, 0.3) is 0 Å². The molecule has 0 radical (unpaired) electrons. The van der Waals surface area contributed by atoms with E-state index in [1.54, 1.807) is 24.5 Å². The molecule has 3 aromatic rings. The summed E-state index contributed by atoms with van der Waals surface area (Å²) in [5, 5.41) is 0. The second kappa shape index (κ2) is 10.1. The molecule has 8 nitrogen and oxygen atoms in total. The summed E-state index contributed by atoms with van der Waals surface area (Å²) in [6.45, 7) is 9.81. The maximum Gasteiger partial charge on any atom is 0.324 e. The molecule has 32 heavy (non-hydrogen) atoms. The highest BCUT2D eigenvalue weighted by molar-refractivity contribution is 7.89. The summed E-state index contributed by atoms with van der Waals surface area (Å²) < 4.78 is 35.4. The van der Waals surface area contributed by atoms with Gasteiger partial charge >= 0.3 is 5.97 Å². The number of rotatable bonds is 10. The number of carbonyl (C=O) groups excluding carboxylic acids is 1. The van der Waals surface area contributed by atoms with E-state index in [0.717, 1.165) is 22.4 Å². The third kappa shape index (κ3) is 5.60. The minimum atomic E-state index is -3.90. The van der Waals surface area contributed by atoms with E-state index in [-0.39, 0.29) is 17.4 Å². The van der Waals surface area contributed by atoms with Crippen molar-refractivity contribution in [3.63, 3.8) is 0 Å². The number of nitrogens with one attached hydrogen (secondary N) is 1. The van der Waals surface area contributed by atoms with Gasteiger partial charge in [-0.2, -0.15) is 4.72 Å². The molecule has 2 heterocycles. The van der Waals surface area contributed by atoms with Crippen LogP contribution in [0.5, 0.6) is 0 Å². The van der Waals surface area contributed by atoms with Crippen LogP contribution in [0.3, 0.4) is 0 Å². The van der Waals surface area contributed by atoms with Crippen molar-refractivity contribution >= 4 is 27.0 Å². The largest absolute Gasteiger partial charge is 0.460 e. The molecule has 0 aliphatic heterocycles. The monoisotopic (exact) mass is 456 g/mol. The van der Waals surface area contributed by atoms with Gasteiger partial charge < -0.3 is 9.30 Å². The summed E-state index contributed by atoms with van der Waals surface area (Å²) in [4.78, 5) is 21.1. The van der Waals surface area contributed by atoms with Crippen LogP contribution in [0.4, 0.5) is 0 Å². The molecular weight excluding hydrogens is 428 g/mol. The first-order valence-electron chi connectivity index (χ1n) is 10.4. The first-order valence-corrected chi connectivity index (χ1v) is 11.8. The van der Waals surface area contributed by atoms with Gasteiger partial charge in [0.2, 0.25) is 10.0 Å². The molecule has 3 rings (SSSR count). The minimum absolute atomic E-state index is 0.0295. The molecular formula is C23H28N4O4S. The number of esters is 1. The fourth-order valence-electron chi connectivity index (χ4n) is 3.41. The Balaban J connectivity index is 1.78. The van der Waals surface area contributed by atoms with Crippen molar-refractivity contribution in [3.05, 3.63) is 66.8 Å². The number of aryl methyl sites for hydroxylation is 1. The Hall–Kier alpha value is -3.04. The minimum Gasteiger partial charge on any atom is -0.460 e. The van der Waals surface area contributed by atoms with Crippen molar-refractivity contribution in [1.29, 1.82) is 0 Å². The van der Waals surface area contributed by atoms with E-state index in [4.69, 9.17) is 4.74 Å². The second-order valence-electron chi connectivity index (χ2n) is 7.98. The lowest BCUT2D eigenvalue weighted by Crippen LogP contribution is -2.42. The molecule has 0 saturated carbocycles. The van der Waals surface area contributed by atoms with Gasteiger partial charge in [0.05, 0.1) is 22.1 Å². The summed E-state index contributed by atoms with van der Waals surface area (Å²) in [6, 6.07) is 7.46. The molecule has 2 aromatic heterocycles. The number of hydrogen-bond acceptors (Lipinski definition) is 6. The molecule has 1 unspecified atom stereocenters. The topological polar surface area (TPSA) is 103 Å². The average Bonchev–Trinajstić information content (AvgIpc) is 3.06. The van der Waals surface area contributed by atoms with Gasteiger partial charge in [-0.05, 0) is 43.0 Å². The van der Waals surface area contributed by atoms with Crippen LogP contribution in [0.15, 0.2) is 60.3 Å². The van der Waals surface area contributed by atoms with Gasteiger partial charge in [-0.3, -0.25) is 9.78 Å². The lowest BCUT2D eigenvalue weighted by Gasteiger charge is -2.19. The molecule has 9 heteroatoms. The van der Waals surface area contributed by atoms with Gasteiger partial charge in [-0.1, -0.05) is 38.6 Å². The molecule has 0 spiro atoms. The van der Waals surface area contributed by atoms with Crippen LogP contribution in [0, 0.1) is 12.8 Å². The van der Waals surface area contributed by atoms with Gasteiger partial charge in [-0.15, -0.1) is 0 Å². The van der Waals surface area contributed by atoms with Crippen molar-refractivity contribution in [3.8, 4) is 0 Å². The molecule has 1 N–H and O–H groups in total. The Morgan fingerprint density at radius 3 is 2.62 bits per heavy atom. The average molecular weight is 457 g/mol. The van der Waals surface area contributed by atoms with Gasteiger partial charge in [0, 0.05) is 12.7 Å². The number of sulfonamides is 1. The predicted molar refractivity (Wildman–Crippen MR) is 123 cm³/mol. The molecule has 0 aliphatic rings. The summed E-state index contributed by atoms with van der Waals surface area (Å²) in [5.74, 6) is 0.333. The zero-order valence-electron chi connectivity index (χ0n) is 18.5.